The Morgan fingerprint density at radius 2 is 0.953 bits per heavy atom. The van der Waals surface area contributed by atoms with Crippen LogP contribution >= 0.6 is 0 Å². The number of phenolic OH excluding ortho intramolecular Hbond substituents is 1. The summed E-state index contributed by atoms with van der Waals surface area (Å²) < 4.78 is 38.4. The van der Waals surface area contributed by atoms with Crippen molar-refractivity contribution in [3.8, 4) is 34.5 Å². The summed E-state index contributed by atoms with van der Waals surface area (Å²) in [4.78, 5) is 48.3. The second kappa shape index (κ2) is 22.0. The van der Waals surface area contributed by atoms with E-state index in [2.05, 4.69) is 0 Å². The first-order valence-corrected chi connectivity index (χ1v) is 20.9. The van der Waals surface area contributed by atoms with Gasteiger partial charge in [-0.05, 0) is 88.4 Å². The largest absolute Gasteiger partial charge is 0.508 e. The number of rotatable bonds is 13. The third kappa shape index (κ3) is 12.4. The topological polar surface area (TPSA) is 173 Å². The van der Waals surface area contributed by atoms with Crippen LogP contribution in [-0.2, 0) is 28.7 Å². The number of benzene rings is 5. The molecule has 2 heterocycles. The monoisotopic (exact) mass is 876 g/mol. The highest BCUT2D eigenvalue weighted by Crippen LogP contribution is 2.41. The third-order valence-electron chi connectivity index (χ3n) is 10.3. The molecule has 0 unspecified atom stereocenters. The lowest BCUT2D eigenvalue weighted by Crippen LogP contribution is -2.36. The molecular weight excluding hydrogens is 821 g/mol. The van der Waals surface area contributed by atoms with Gasteiger partial charge in [-0.25, -0.2) is 9.59 Å². The predicted molar refractivity (Wildman–Crippen MR) is 240 cm³/mol. The van der Waals surface area contributed by atoms with E-state index in [0.717, 1.165) is 11.1 Å². The summed E-state index contributed by atoms with van der Waals surface area (Å²) >= 11 is 0. The van der Waals surface area contributed by atoms with E-state index < -0.39 is 11.2 Å². The minimum absolute atomic E-state index is 0.00913. The van der Waals surface area contributed by atoms with Gasteiger partial charge in [0.15, 0.2) is 11.6 Å². The summed E-state index contributed by atoms with van der Waals surface area (Å²) in [6, 6.07) is 29.6. The Hall–Kier alpha value is -6.86. The summed E-state index contributed by atoms with van der Waals surface area (Å²) in [6.45, 7) is 7.87. The van der Waals surface area contributed by atoms with Gasteiger partial charge in [-0.15, -0.1) is 0 Å². The van der Waals surface area contributed by atoms with Crippen molar-refractivity contribution in [3.05, 3.63) is 142 Å². The van der Waals surface area contributed by atoms with Crippen LogP contribution < -0.4 is 23.7 Å². The van der Waals surface area contributed by atoms with E-state index in [1.165, 1.54) is 7.11 Å². The van der Waals surface area contributed by atoms with Gasteiger partial charge in [0.25, 0.3) is 0 Å². The number of carbonyl (C=O) groups is 4. The van der Waals surface area contributed by atoms with Crippen molar-refractivity contribution in [1.82, 2.24) is 0 Å². The van der Waals surface area contributed by atoms with E-state index in [0.29, 0.717) is 88.7 Å². The lowest BCUT2D eigenvalue weighted by molar-refractivity contribution is 0.0492. The molecule has 13 nitrogen and oxygen atoms in total. The number of carbonyl (C=O) groups excluding carboxylic acids is 4. The number of aliphatic hydroxyl groups excluding tert-OH is 1. The maximum absolute atomic E-state index is 12.4. The highest BCUT2D eigenvalue weighted by Gasteiger charge is 2.36. The van der Waals surface area contributed by atoms with Crippen LogP contribution in [-0.4, -0.2) is 86.1 Å². The molecule has 2 aliphatic rings. The van der Waals surface area contributed by atoms with E-state index in [9.17, 15) is 24.3 Å². The molecule has 0 fully saturated rings. The molecule has 0 radical (unpaired) electrons. The van der Waals surface area contributed by atoms with Gasteiger partial charge in [-0.3, -0.25) is 9.59 Å². The Balaban J connectivity index is 0.000000184. The average Bonchev–Trinajstić information content (AvgIpc) is 3.27. The van der Waals surface area contributed by atoms with E-state index in [1.807, 2.05) is 39.8 Å². The molecule has 64 heavy (non-hydrogen) atoms. The van der Waals surface area contributed by atoms with Crippen molar-refractivity contribution < 1.29 is 62.5 Å². The van der Waals surface area contributed by atoms with E-state index in [1.54, 1.807) is 105 Å². The molecule has 0 amide bonds. The Morgan fingerprint density at radius 1 is 0.547 bits per heavy atom. The standard InChI is InChI=1S/C21H22O5.C16H16O4.C14H18O4/c1-21(2)13-17(22)15-9-10-18(24-3)16(19(15)26-21)11-12-25-20(23)14-7-5-4-6-8-14;1-19-15-9-5-8-14(17)13(15)10-11-20-16(18)12-6-3-2-4-7-12;1-14(2)8-11(16)9-4-5-12(17-3)10(6-7-15)13(9)18-14/h4-10H,11-13H2,1-3H3;2-9,17H,10-11H2,1H3;4-5,15H,6-8H2,1-3H3. The van der Waals surface area contributed by atoms with Crippen molar-refractivity contribution in [2.75, 3.05) is 41.2 Å². The number of aromatic hydroxyl groups is 1. The number of fused-ring (bicyclic) bond motifs is 2. The van der Waals surface area contributed by atoms with Gasteiger partial charge in [0.05, 0.1) is 69.6 Å². The first kappa shape index (κ1) is 48.2. The van der Waals surface area contributed by atoms with Crippen molar-refractivity contribution in [3.63, 3.8) is 0 Å². The molecule has 5 aromatic rings. The Bertz CT molecular complexity index is 2410. The maximum atomic E-state index is 12.4. The number of phenols is 1. The molecule has 0 saturated heterocycles. The van der Waals surface area contributed by atoms with Crippen LogP contribution in [0.15, 0.2) is 103 Å². The molecule has 2 N–H and O–H groups in total. The number of Topliss-reactive ketones (excluding diaryl/α,β-unsaturated/α-hetero) is 2. The number of aliphatic hydroxyl groups is 1. The van der Waals surface area contributed by atoms with Crippen molar-refractivity contribution in [2.45, 2.75) is 71.0 Å². The van der Waals surface area contributed by atoms with Gasteiger partial charge in [0, 0.05) is 42.6 Å². The lowest BCUT2D eigenvalue weighted by atomic mass is 9.90. The maximum Gasteiger partial charge on any atom is 0.338 e. The van der Waals surface area contributed by atoms with Crippen LogP contribution in [0.25, 0.3) is 0 Å². The minimum Gasteiger partial charge on any atom is -0.508 e. The van der Waals surface area contributed by atoms with Crippen LogP contribution in [0.1, 0.15) is 98.7 Å². The number of methoxy groups -OCH3 is 3. The zero-order valence-electron chi connectivity index (χ0n) is 37.4. The summed E-state index contributed by atoms with van der Waals surface area (Å²) in [5.41, 5.74) is 3.19. The van der Waals surface area contributed by atoms with Gasteiger partial charge in [0.1, 0.15) is 45.7 Å². The average molecular weight is 877 g/mol. The van der Waals surface area contributed by atoms with Crippen LogP contribution in [0.3, 0.4) is 0 Å². The van der Waals surface area contributed by atoms with E-state index >= 15 is 0 Å². The minimum atomic E-state index is -0.577. The van der Waals surface area contributed by atoms with Crippen LogP contribution in [0.2, 0.25) is 0 Å². The molecule has 0 bridgehead atoms. The molecule has 0 saturated carbocycles. The normalized spacial score (nSPS) is 14.0. The number of esters is 2. The van der Waals surface area contributed by atoms with Gasteiger partial charge < -0.3 is 43.4 Å². The number of ketones is 2. The van der Waals surface area contributed by atoms with Crippen LogP contribution in [0.5, 0.6) is 34.5 Å². The van der Waals surface area contributed by atoms with Crippen molar-refractivity contribution in [1.29, 1.82) is 0 Å². The lowest BCUT2D eigenvalue weighted by Gasteiger charge is -2.33. The fraction of sp³-hybridized carbons (Fsp3) is 0.333. The van der Waals surface area contributed by atoms with Crippen molar-refractivity contribution in [2.24, 2.45) is 0 Å². The second-order valence-electron chi connectivity index (χ2n) is 16.1. The van der Waals surface area contributed by atoms with Gasteiger partial charge in [0.2, 0.25) is 0 Å². The highest BCUT2D eigenvalue weighted by atomic mass is 16.5. The Kier molecular flexibility index (Phi) is 16.5. The zero-order valence-corrected chi connectivity index (χ0v) is 37.4. The smallest absolute Gasteiger partial charge is 0.338 e. The molecule has 338 valence electrons. The second-order valence-corrected chi connectivity index (χ2v) is 16.1. The van der Waals surface area contributed by atoms with Gasteiger partial charge in [-0.2, -0.15) is 0 Å². The van der Waals surface area contributed by atoms with Gasteiger partial charge in [-0.1, -0.05) is 42.5 Å². The number of hydrogen-bond donors (Lipinski definition) is 2. The molecule has 5 aromatic carbocycles. The first-order chi connectivity index (χ1) is 30.6. The third-order valence-corrected chi connectivity index (χ3v) is 10.3. The van der Waals surface area contributed by atoms with E-state index in [4.69, 9.17) is 38.3 Å². The molecule has 0 atom stereocenters. The molecule has 13 heteroatoms. The fourth-order valence-electron chi connectivity index (χ4n) is 7.25. The fourth-order valence-corrected chi connectivity index (χ4v) is 7.25. The van der Waals surface area contributed by atoms with Crippen LogP contribution in [0, 0.1) is 0 Å². The van der Waals surface area contributed by atoms with Gasteiger partial charge >= 0.3 is 11.9 Å². The molecular formula is C51H56O13. The number of hydrogen-bond acceptors (Lipinski definition) is 13. The molecule has 0 aromatic heterocycles. The summed E-state index contributed by atoms with van der Waals surface area (Å²) in [5, 5.41) is 18.9. The zero-order chi connectivity index (χ0) is 46.4. The summed E-state index contributed by atoms with van der Waals surface area (Å²) in [7, 11) is 4.67. The van der Waals surface area contributed by atoms with Crippen molar-refractivity contribution >= 4 is 23.5 Å². The SMILES string of the molecule is COc1ccc2c(c1CCO)OC(C)(C)CC2=O.COc1ccc2c(c1CCOC(=O)c1ccccc1)OC(C)(C)CC2=O.COc1cccc(O)c1CCOC(=O)c1ccccc1. The molecule has 7 rings (SSSR count). The van der Waals surface area contributed by atoms with Crippen LogP contribution in [0.4, 0.5) is 0 Å². The number of ether oxygens (including phenoxy) is 7. The summed E-state index contributed by atoms with van der Waals surface area (Å²) in [5.74, 6) is 2.43. The Labute approximate surface area is 373 Å². The molecule has 2 aliphatic heterocycles. The molecule has 0 spiro atoms. The van der Waals surface area contributed by atoms with E-state index in [-0.39, 0.29) is 49.1 Å². The quantitative estimate of drug-likeness (QED) is 0.108. The summed E-state index contributed by atoms with van der Waals surface area (Å²) in [6.07, 6.45) is 1.90. The first-order valence-electron chi connectivity index (χ1n) is 20.9. The predicted octanol–water partition coefficient (Wildman–Crippen LogP) is 8.61. The molecule has 0 aliphatic carbocycles. The Morgan fingerprint density at radius 3 is 1.38 bits per heavy atom. The highest BCUT2D eigenvalue weighted by molar-refractivity contribution is 6.01.